The Morgan fingerprint density at radius 1 is 1.53 bits per heavy atom. The highest BCUT2D eigenvalue weighted by atomic mass is 16.1. The van der Waals surface area contributed by atoms with Crippen LogP contribution in [-0.4, -0.2) is 19.0 Å². The first-order valence-corrected chi connectivity index (χ1v) is 6.29. The molecule has 1 aliphatic heterocycles. The lowest BCUT2D eigenvalue weighted by Gasteiger charge is -2.21. The summed E-state index contributed by atoms with van der Waals surface area (Å²) in [6.07, 6.45) is 2.11. The Morgan fingerprint density at radius 2 is 2.41 bits per heavy atom. The second-order valence-electron chi connectivity index (χ2n) is 4.75. The Balaban J connectivity index is 1.83. The number of carbonyl (C=O) groups excluding carboxylic acids is 1. The van der Waals surface area contributed by atoms with E-state index in [0.29, 0.717) is 6.54 Å². The van der Waals surface area contributed by atoms with Crippen LogP contribution in [0.5, 0.6) is 0 Å². The van der Waals surface area contributed by atoms with Crippen molar-refractivity contribution in [3.63, 3.8) is 0 Å². The van der Waals surface area contributed by atoms with Gasteiger partial charge in [0.15, 0.2) is 0 Å². The zero-order valence-corrected chi connectivity index (χ0v) is 10.3. The number of nitrogens with one attached hydrogen (secondary N) is 2. The molecule has 1 heterocycles. The standard InChI is InChI=1S/C14H20N2O/c1-11-4-2-5-12(8-11)9-16-14(17)13-6-3-7-15-10-13/h2,4-5,8,13,15H,3,6-7,9-10H2,1H3,(H,16,17). The number of piperidine rings is 1. The first-order valence-electron chi connectivity index (χ1n) is 6.29. The molecule has 3 heteroatoms. The molecule has 1 aliphatic rings. The maximum Gasteiger partial charge on any atom is 0.224 e. The van der Waals surface area contributed by atoms with Crippen LogP contribution in [-0.2, 0) is 11.3 Å². The highest BCUT2D eigenvalue weighted by Crippen LogP contribution is 2.10. The van der Waals surface area contributed by atoms with Gasteiger partial charge in [-0.15, -0.1) is 0 Å². The van der Waals surface area contributed by atoms with E-state index in [-0.39, 0.29) is 11.8 Å². The molecule has 1 aromatic rings. The smallest absolute Gasteiger partial charge is 0.224 e. The van der Waals surface area contributed by atoms with E-state index in [1.54, 1.807) is 0 Å². The monoisotopic (exact) mass is 232 g/mol. The fourth-order valence-electron chi connectivity index (χ4n) is 2.23. The number of amides is 1. The third kappa shape index (κ3) is 3.56. The van der Waals surface area contributed by atoms with Gasteiger partial charge in [0.05, 0.1) is 5.92 Å². The molecule has 2 rings (SSSR count). The number of benzene rings is 1. The molecule has 1 saturated heterocycles. The van der Waals surface area contributed by atoms with Gasteiger partial charge < -0.3 is 10.6 Å². The summed E-state index contributed by atoms with van der Waals surface area (Å²) >= 11 is 0. The lowest BCUT2D eigenvalue weighted by atomic mass is 9.99. The van der Waals surface area contributed by atoms with Crippen LogP contribution in [0, 0.1) is 12.8 Å². The van der Waals surface area contributed by atoms with Gasteiger partial charge in [0.2, 0.25) is 5.91 Å². The van der Waals surface area contributed by atoms with E-state index in [4.69, 9.17) is 0 Å². The molecule has 1 atom stereocenters. The number of hydrogen-bond acceptors (Lipinski definition) is 2. The molecular weight excluding hydrogens is 212 g/mol. The van der Waals surface area contributed by atoms with E-state index in [0.717, 1.165) is 25.9 Å². The maximum absolute atomic E-state index is 11.9. The minimum atomic E-state index is 0.147. The summed E-state index contributed by atoms with van der Waals surface area (Å²) in [5, 5.41) is 6.28. The largest absolute Gasteiger partial charge is 0.352 e. The third-order valence-electron chi connectivity index (χ3n) is 3.22. The van der Waals surface area contributed by atoms with Crippen LogP contribution < -0.4 is 10.6 Å². The van der Waals surface area contributed by atoms with E-state index in [1.807, 2.05) is 12.1 Å². The van der Waals surface area contributed by atoms with E-state index < -0.39 is 0 Å². The molecule has 0 saturated carbocycles. The minimum Gasteiger partial charge on any atom is -0.352 e. The van der Waals surface area contributed by atoms with Gasteiger partial charge in [-0.05, 0) is 31.9 Å². The zero-order valence-electron chi connectivity index (χ0n) is 10.3. The van der Waals surface area contributed by atoms with E-state index >= 15 is 0 Å². The molecule has 2 N–H and O–H groups in total. The summed E-state index contributed by atoms with van der Waals surface area (Å²) in [4.78, 5) is 11.9. The van der Waals surface area contributed by atoms with E-state index in [2.05, 4.69) is 29.7 Å². The van der Waals surface area contributed by atoms with Gasteiger partial charge in [-0.1, -0.05) is 29.8 Å². The molecule has 17 heavy (non-hydrogen) atoms. The normalized spacial score (nSPS) is 19.9. The molecule has 1 amide bonds. The van der Waals surface area contributed by atoms with E-state index in [1.165, 1.54) is 11.1 Å². The summed E-state index contributed by atoms with van der Waals surface area (Å²) < 4.78 is 0. The van der Waals surface area contributed by atoms with Crippen molar-refractivity contribution < 1.29 is 4.79 Å². The van der Waals surface area contributed by atoms with Crippen molar-refractivity contribution in [3.8, 4) is 0 Å². The van der Waals surface area contributed by atoms with Crippen LogP contribution >= 0.6 is 0 Å². The molecule has 1 aromatic carbocycles. The van der Waals surface area contributed by atoms with Crippen molar-refractivity contribution in [2.45, 2.75) is 26.3 Å². The number of aryl methyl sites for hydroxylation is 1. The second-order valence-corrected chi connectivity index (χ2v) is 4.75. The number of hydrogen-bond donors (Lipinski definition) is 2. The Labute approximate surface area is 103 Å². The lowest BCUT2D eigenvalue weighted by Crippen LogP contribution is -2.40. The summed E-state index contributed by atoms with van der Waals surface area (Å²) in [5.74, 6) is 0.326. The van der Waals surface area contributed by atoms with Crippen LogP contribution in [0.25, 0.3) is 0 Å². The molecule has 1 fully saturated rings. The van der Waals surface area contributed by atoms with Crippen molar-refractivity contribution in [2.24, 2.45) is 5.92 Å². The zero-order chi connectivity index (χ0) is 12.1. The van der Waals surface area contributed by atoms with Crippen molar-refractivity contribution >= 4 is 5.91 Å². The van der Waals surface area contributed by atoms with Crippen LogP contribution in [0.4, 0.5) is 0 Å². The van der Waals surface area contributed by atoms with Crippen molar-refractivity contribution in [3.05, 3.63) is 35.4 Å². The Kier molecular flexibility index (Phi) is 4.15. The van der Waals surface area contributed by atoms with Crippen LogP contribution in [0.1, 0.15) is 24.0 Å². The molecule has 0 aliphatic carbocycles. The van der Waals surface area contributed by atoms with Gasteiger partial charge >= 0.3 is 0 Å². The average Bonchev–Trinajstić information content (AvgIpc) is 2.37. The molecular formula is C14H20N2O. The van der Waals surface area contributed by atoms with Crippen molar-refractivity contribution in [1.82, 2.24) is 10.6 Å². The number of carbonyl (C=O) groups is 1. The van der Waals surface area contributed by atoms with Gasteiger partial charge in [-0.25, -0.2) is 0 Å². The fourth-order valence-corrected chi connectivity index (χ4v) is 2.23. The predicted octanol–water partition coefficient (Wildman–Crippen LogP) is 1.61. The Hall–Kier alpha value is -1.35. The SMILES string of the molecule is Cc1cccc(CNC(=O)C2CCCNC2)c1. The molecule has 0 radical (unpaired) electrons. The van der Waals surface area contributed by atoms with Crippen molar-refractivity contribution in [2.75, 3.05) is 13.1 Å². The molecule has 0 aromatic heterocycles. The topological polar surface area (TPSA) is 41.1 Å². The molecule has 3 nitrogen and oxygen atoms in total. The summed E-state index contributed by atoms with van der Waals surface area (Å²) in [5.41, 5.74) is 2.40. The fraction of sp³-hybridized carbons (Fsp3) is 0.500. The van der Waals surface area contributed by atoms with Gasteiger partial charge in [-0.3, -0.25) is 4.79 Å². The quantitative estimate of drug-likeness (QED) is 0.831. The highest BCUT2D eigenvalue weighted by molar-refractivity contribution is 5.78. The van der Waals surface area contributed by atoms with Gasteiger partial charge in [0.25, 0.3) is 0 Å². The van der Waals surface area contributed by atoms with Gasteiger partial charge in [-0.2, -0.15) is 0 Å². The lowest BCUT2D eigenvalue weighted by molar-refractivity contribution is -0.125. The Morgan fingerprint density at radius 3 is 3.12 bits per heavy atom. The summed E-state index contributed by atoms with van der Waals surface area (Å²) in [6, 6.07) is 8.25. The van der Waals surface area contributed by atoms with Gasteiger partial charge in [0, 0.05) is 13.1 Å². The predicted molar refractivity (Wildman–Crippen MR) is 68.6 cm³/mol. The minimum absolute atomic E-state index is 0.147. The van der Waals surface area contributed by atoms with Gasteiger partial charge in [0.1, 0.15) is 0 Å². The number of rotatable bonds is 3. The molecule has 0 bridgehead atoms. The van der Waals surface area contributed by atoms with Crippen LogP contribution in [0.15, 0.2) is 24.3 Å². The van der Waals surface area contributed by atoms with Crippen molar-refractivity contribution in [1.29, 1.82) is 0 Å². The van der Waals surface area contributed by atoms with E-state index in [9.17, 15) is 4.79 Å². The highest BCUT2D eigenvalue weighted by Gasteiger charge is 2.20. The first kappa shape index (κ1) is 12.1. The third-order valence-corrected chi connectivity index (χ3v) is 3.22. The first-order chi connectivity index (χ1) is 8.25. The second kappa shape index (κ2) is 5.82. The molecule has 0 spiro atoms. The molecule has 92 valence electrons. The molecule has 1 unspecified atom stereocenters. The van der Waals surface area contributed by atoms with Crippen LogP contribution in [0.3, 0.4) is 0 Å². The average molecular weight is 232 g/mol. The Bertz CT molecular complexity index is 384. The van der Waals surface area contributed by atoms with Crippen LogP contribution in [0.2, 0.25) is 0 Å². The maximum atomic E-state index is 11.9. The summed E-state index contributed by atoms with van der Waals surface area (Å²) in [7, 11) is 0. The summed E-state index contributed by atoms with van der Waals surface area (Å²) in [6.45, 7) is 4.56.